The summed E-state index contributed by atoms with van der Waals surface area (Å²) in [7, 11) is 1.70. The van der Waals surface area contributed by atoms with Crippen LogP contribution in [0.2, 0.25) is 0 Å². The summed E-state index contributed by atoms with van der Waals surface area (Å²) >= 11 is 1.67. The molecule has 1 saturated heterocycles. The van der Waals surface area contributed by atoms with Crippen LogP contribution in [0, 0.1) is 12.8 Å². The number of aryl methyl sites for hydroxylation is 1. The number of thiazole rings is 1. The Bertz CT molecular complexity index is 492. The maximum atomic E-state index is 5.66. The zero-order valence-corrected chi connectivity index (χ0v) is 15.2. The number of aliphatic imine (C=N–C) groups is 1. The molecule has 1 N–H and O–H groups in total. The largest absolute Gasteiger partial charge is 0.382 e. The lowest BCUT2D eigenvalue weighted by atomic mass is 10.1. The Balaban J connectivity index is 1.85. The van der Waals surface area contributed by atoms with E-state index in [1.807, 2.05) is 12.4 Å². The van der Waals surface area contributed by atoms with Crippen LogP contribution in [0.3, 0.4) is 0 Å². The highest BCUT2D eigenvalue weighted by Gasteiger charge is 2.25. The van der Waals surface area contributed by atoms with Crippen molar-refractivity contribution < 1.29 is 9.47 Å². The summed E-state index contributed by atoms with van der Waals surface area (Å²) < 4.78 is 10.7. The van der Waals surface area contributed by atoms with Crippen LogP contribution < -0.4 is 5.32 Å². The van der Waals surface area contributed by atoms with Crippen LogP contribution in [0.1, 0.15) is 23.9 Å². The van der Waals surface area contributed by atoms with Crippen molar-refractivity contribution in [1.82, 2.24) is 15.2 Å². The lowest BCUT2D eigenvalue weighted by molar-refractivity contribution is 0.0536. The molecule has 7 heteroatoms. The van der Waals surface area contributed by atoms with Gasteiger partial charge in [-0.3, -0.25) is 0 Å². The zero-order chi connectivity index (χ0) is 16.5. The number of nitrogens with zero attached hydrogens (tertiary/aromatic N) is 3. The van der Waals surface area contributed by atoms with Gasteiger partial charge in [0.1, 0.15) is 0 Å². The first-order valence-corrected chi connectivity index (χ1v) is 9.11. The second-order valence-electron chi connectivity index (χ2n) is 5.70. The summed E-state index contributed by atoms with van der Waals surface area (Å²) in [5.74, 6) is 1.57. The Labute approximate surface area is 142 Å². The van der Waals surface area contributed by atoms with Gasteiger partial charge in [0.15, 0.2) is 5.96 Å². The fraction of sp³-hybridized carbons (Fsp3) is 0.750. The third-order valence-electron chi connectivity index (χ3n) is 3.92. The van der Waals surface area contributed by atoms with Gasteiger partial charge in [0.25, 0.3) is 0 Å². The second-order valence-corrected chi connectivity index (χ2v) is 6.64. The summed E-state index contributed by atoms with van der Waals surface area (Å²) in [6.45, 7) is 9.89. The topological polar surface area (TPSA) is 59.0 Å². The number of aromatic nitrogens is 1. The van der Waals surface area contributed by atoms with Crippen LogP contribution in [-0.2, 0) is 16.0 Å². The van der Waals surface area contributed by atoms with E-state index in [2.05, 4.69) is 22.1 Å². The molecule has 2 rings (SSSR count). The molecule has 0 saturated carbocycles. The molecule has 6 nitrogen and oxygen atoms in total. The van der Waals surface area contributed by atoms with Gasteiger partial charge in [-0.25, -0.2) is 9.98 Å². The minimum Gasteiger partial charge on any atom is -0.382 e. The molecule has 1 unspecified atom stereocenters. The number of ether oxygens (including phenoxy) is 2. The molecule has 1 aliphatic rings. The Morgan fingerprint density at radius 1 is 1.52 bits per heavy atom. The molecule has 0 aromatic carbocycles. The predicted molar refractivity (Wildman–Crippen MR) is 94.0 cm³/mol. The first kappa shape index (κ1) is 18.2. The van der Waals surface area contributed by atoms with Gasteiger partial charge in [-0.05, 0) is 20.3 Å². The van der Waals surface area contributed by atoms with E-state index < -0.39 is 0 Å². The van der Waals surface area contributed by atoms with E-state index in [1.165, 1.54) is 4.88 Å². The second kappa shape index (κ2) is 9.85. The minimum absolute atomic E-state index is 0.570. The molecule has 0 radical (unpaired) electrons. The van der Waals surface area contributed by atoms with Crippen molar-refractivity contribution in [1.29, 1.82) is 0 Å². The van der Waals surface area contributed by atoms with Crippen molar-refractivity contribution in [3.63, 3.8) is 0 Å². The third-order valence-corrected chi connectivity index (χ3v) is 4.84. The number of likely N-dealkylation sites (tertiary alicyclic amines) is 1. The molecule has 0 spiro atoms. The number of hydrogen-bond donors (Lipinski definition) is 1. The average Bonchev–Trinajstić information content (AvgIpc) is 3.17. The summed E-state index contributed by atoms with van der Waals surface area (Å²) in [5, 5.41) is 3.40. The SMILES string of the molecule is CCNC(=NCc1scnc1C)N1CCC(COCCOC)C1. The molecule has 0 amide bonds. The third kappa shape index (κ3) is 5.75. The van der Waals surface area contributed by atoms with Gasteiger partial charge in [0.05, 0.1) is 37.6 Å². The molecule has 23 heavy (non-hydrogen) atoms. The zero-order valence-electron chi connectivity index (χ0n) is 14.4. The highest BCUT2D eigenvalue weighted by Crippen LogP contribution is 2.18. The molecule has 1 atom stereocenters. The van der Waals surface area contributed by atoms with E-state index in [0.717, 1.165) is 44.3 Å². The van der Waals surface area contributed by atoms with Crippen LogP contribution in [0.5, 0.6) is 0 Å². The van der Waals surface area contributed by atoms with Crippen molar-refractivity contribution in [3.8, 4) is 0 Å². The van der Waals surface area contributed by atoms with Crippen molar-refractivity contribution in [2.24, 2.45) is 10.9 Å². The van der Waals surface area contributed by atoms with E-state index in [0.29, 0.717) is 25.7 Å². The number of nitrogens with one attached hydrogen (secondary N) is 1. The summed E-state index contributed by atoms with van der Waals surface area (Å²) in [6.07, 6.45) is 1.15. The molecule has 1 aliphatic heterocycles. The number of rotatable bonds is 8. The molecule has 1 aromatic heterocycles. The maximum absolute atomic E-state index is 5.66. The lowest BCUT2D eigenvalue weighted by Crippen LogP contribution is -2.40. The van der Waals surface area contributed by atoms with Gasteiger partial charge in [-0.1, -0.05) is 0 Å². The Kier molecular flexibility index (Phi) is 7.78. The van der Waals surface area contributed by atoms with Gasteiger partial charge < -0.3 is 19.7 Å². The lowest BCUT2D eigenvalue weighted by Gasteiger charge is -2.21. The van der Waals surface area contributed by atoms with Crippen LogP contribution in [0.25, 0.3) is 0 Å². The minimum atomic E-state index is 0.570. The first-order valence-electron chi connectivity index (χ1n) is 8.23. The molecular formula is C16H28N4O2S. The van der Waals surface area contributed by atoms with Gasteiger partial charge >= 0.3 is 0 Å². The van der Waals surface area contributed by atoms with Crippen LogP contribution in [0.4, 0.5) is 0 Å². The van der Waals surface area contributed by atoms with Crippen LogP contribution in [-0.4, -0.2) is 62.4 Å². The van der Waals surface area contributed by atoms with E-state index in [-0.39, 0.29) is 0 Å². The molecule has 0 aliphatic carbocycles. The molecule has 1 fully saturated rings. The maximum Gasteiger partial charge on any atom is 0.194 e. The van der Waals surface area contributed by atoms with E-state index in [1.54, 1.807) is 18.4 Å². The number of methoxy groups -OCH3 is 1. The van der Waals surface area contributed by atoms with Crippen LogP contribution >= 0.6 is 11.3 Å². The number of guanidine groups is 1. The quantitative estimate of drug-likeness (QED) is 0.445. The first-order chi connectivity index (χ1) is 11.2. The molecule has 0 bridgehead atoms. The van der Waals surface area contributed by atoms with Crippen LogP contribution in [0.15, 0.2) is 10.5 Å². The fourth-order valence-corrected chi connectivity index (χ4v) is 3.30. The monoisotopic (exact) mass is 340 g/mol. The fourth-order valence-electron chi connectivity index (χ4n) is 2.60. The van der Waals surface area contributed by atoms with E-state index >= 15 is 0 Å². The number of hydrogen-bond acceptors (Lipinski definition) is 5. The predicted octanol–water partition coefficient (Wildman–Crippen LogP) is 1.90. The van der Waals surface area contributed by atoms with Crippen molar-refractivity contribution in [3.05, 3.63) is 16.1 Å². The van der Waals surface area contributed by atoms with Crippen molar-refractivity contribution in [2.75, 3.05) is 46.6 Å². The molecule has 1 aromatic rings. The average molecular weight is 340 g/mol. The van der Waals surface area contributed by atoms with Crippen molar-refractivity contribution >= 4 is 17.3 Å². The standard InChI is InChI=1S/C16H28N4O2S/c1-4-17-16(18-9-15-13(2)19-12-23-15)20-6-5-14(10-20)11-22-8-7-21-3/h12,14H,4-11H2,1-3H3,(H,17,18). The summed E-state index contributed by atoms with van der Waals surface area (Å²) in [6, 6.07) is 0. The van der Waals surface area contributed by atoms with E-state index in [9.17, 15) is 0 Å². The Hall–Kier alpha value is -1.18. The van der Waals surface area contributed by atoms with Crippen molar-refractivity contribution in [2.45, 2.75) is 26.8 Å². The molecule has 130 valence electrons. The normalized spacial score (nSPS) is 18.7. The summed E-state index contributed by atoms with van der Waals surface area (Å²) in [5.41, 5.74) is 2.97. The van der Waals surface area contributed by atoms with Gasteiger partial charge in [-0.2, -0.15) is 0 Å². The van der Waals surface area contributed by atoms with Gasteiger partial charge in [-0.15, -0.1) is 11.3 Å². The Morgan fingerprint density at radius 3 is 3.09 bits per heavy atom. The highest BCUT2D eigenvalue weighted by molar-refractivity contribution is 7.09. The van der Waals surface area contributed by atoms with Gasteiger partial charge in [0.2, 0.25) is 0 Å². The van der Waals surface area contributed by atoms with Gasteiger partial charge in [0, 0.05) is 37.5 Å². The highest BCUT2D eigenvalue weighted by atomic mass is 32.1. The smallest absolute Gasteiger partial charge is 0.194 e. The molecule has 2 heterocycles. The summed E-state index contributed by atoms with van der Waals surface area (Å²) in [4.78, 5) is 12.6. The Morgan fingerprint density at radius 2 is 2.39 bits per heavy atom. The van der Waals surface area contributed by atoms with E-state index in [4.69, 9.17) is 14.5 Å². The molecular weight excluding hydrogens is 312 g/mol.